The third kappa shape index (κ3) is 4.69. The summed E-state index contributed by atoms with van der Waals surface area (Å²) in [6.07, 6.45) is 4.24. The second kappa shape index (κ2) is 6.87. The molecule has 0 bridgehead atoms. The molecule has 0 radical (unpaired) electrons. The Balaban J connectivity index is 2.58. The lowest BCUT2D eigenvalue weighted by Gasteiger charge is -2.13. The summed E-state index contributed by atoms with van der Waals surface area (Å²) in [6.45, 7) is 4.05. The molecule has 0 amide bonds. The number of thiophene rings is 1. The summed E-state index contributed by atoms with van der Waals surface area (Å²) in [5.74, 6) is 0. The first-order valence-corrected chi connectivity index (χ1v) is 8.88. The maximum Gasteiger partial charge on any atom is 0.251 e. The lowest BCUT2D eigenvalue weighted by Crippen LogP contribution is -2.32. The average Bonchev–Trinajstić information content (AvgIpc) is 2.64. The van der Waals surface area contributed by atoms with Gasteiger partial charge < -0.3 is 0 Å². The number of rotatable bonds is 7. The third-order valence-corrected chi connectivity index (χ3v) is 6.69. The Kier molecular flexibility index (Phi) is 6.12. The molecule has 0 spiro atoms. The molecule has 0 saturated heterocycles. The first kappa shape index (κ1) is 15.1. The molecular formula is C11H18BrNO2S2. The van der Waals surface area contributed by atoms with E-state index in [1.807, 2.05) is 6.92 Å². The van der Waals surface area contributed by atoms with Crippen LogP contribution in [0.5, 0.6) is 0 Å². The molecule has 98 valence electrons. The summed E-state index contributed by atoms with van der Waals surface area (Å²) in [5, 5.41) is 1.76. The summed E-state index contributed by atoms with van der Waals surface area (Å²) in [6, 6.07) is 1.74. The first-order chi connectivity index (χ1) is 7.97. The Labute approximate surface area is 116 Å². The minimum atomic E-state index is -3.36. The molecule has 0 fully saturated rings. The highest BCUT2D eigenvalue weighted by molar-refractivity contribution is 9.10. The van der Waals surface area contributed by atoms with Crippen LogP contribution in [0.3, 0.4) is 0 Å². The van der Waals surface area contributed by atoms with E-state index in [1.54, 1.807) is 11.4 Å². The molecule has 0 aliphatic carbocycles. The smallest absolute Gasteiger partial charge is 0.208 e. The van der Waals surface area contributed by atoms with Crippen LogP contribution in [0.4, 0.5) is 0 Å². The SMILES string of the molecule is CCCCCC(C)NS(=O)(=O)c1sccc1Br. The second-order valence-corrected chi connectivity index (χ2v) is 7.75. The molecule has 1 aromatic heterocycles. The van der Waals surface area contributed by atoms with Crippen molar-refractivity contribution in [1.29, 1.82) is 0 Å². The van der Waals surface area contributed by atoms with Gasteiger partial charge in [-0.05, 0) is 40.7 Å². The predicted octanol–water partition coefficient (Wildman–Crippen LogP) is 3.76. The molecule has 0 aliphatic heterocycles. The molecule has 1 N–H and O–H groups in total. The summed E-state index contributed by atoms with van der Waals surface area (Å²) >= 11 is 4.48. The molecule has 3 nitrogen and oxygen atoms in total. The van der Waals surface area contributed by atoms with Gasteiger partial charge in [-0.2, -0.15) is 0 Å². The van der Waals surface area contributed by atoms with Crippen LogP contribution in [-0.4, -0.2) is 14.5 Å². The van der Waals surface area contributed by atoms with Crippen LogP contribution < -0.4 is 4.72 Å². The summed E-state index contributed by atoms with van der Waals surface area (Å²) in [4.78, 5) is 0. The number of hydrogen-bond acceptors (Lipinski definition) is 3. The summed E-state index contributed by atoms with van der Waals surface area (Å²) in [7, 11) is -3.36. The fraction of sp³-hybridized carbons (Fsp3) is 0.636. The topological polar surface area (TPSA) is 46.2 Å². The van der Waals surface area contributed by atoms with Gasteiger partial charge in [-0.1, -0.05) is 26.2 Å². The van der Waals surface area contributed by atoms with Gasteiger partial charge in [0.1, 0.15) is 4.21 Å². The van der Waals surface area contributed by atoms with Crippen LogP contribution in [0.1, 0.15) is 39.5 Å². The van der Waals surface area contributed by atoms with Gasteiger partial charge in [0.2, 0.25) is 0 Å². The van der Waals surface area contributed by atoms with Crippen molar-refractivity contribution in [2.45, 2.75) is 49.8 Å². The van der Waals surface area contributed by atoms with Crippen LogP contribution in [0.2, 0.25) is 0 Å². The van der Waals surface area contributed by atoms with E-state index in [9.17, 15) is 8.42 Å². The number of unbranched alkanes of at least 4 members (excludes halogenated alkanes) is 2. The zero-order valence-electron chi connectivity index (χ0n) is 10.1. The van der Waals surface area contributed by atoms with E-state index < -0.39 is 10.0 Å². The highest BCUT2D eigenvalue weighted by Gasteiger charge is 2.21. The van der Waals surface area contributed by atoms with Crippen LogP contribution in [0.15, 0.2) is 20.1 Å². The Morgan fingerprint density at radius 2 is 2.18 bits per heavy atom. The van der Waals surface area contributed by atoms with Crippen molar-refractivity contribution in [2.75, 3.05) is 0 Å². The summed E-state index contributed by atoms with van der Waals surface area (Å²) < 4.78 is 27.8. The van der Waals surface area contributed by atoms with E-state index in [1.165, 1.54) is 11.3 Å². The summed E-state index contributed by atoms with van der Waals surface area (Å²) in [5.41, 5.74) is 0. The Bertz CT molecular complexity index is 442. The first-order valence-electron chi connectivity index (χ1n) is 5.72. The van der Waals surface area contributed by atoms with Crippen molar-refractivity contribution < 1.29 is 8.42 Å². The van der Waals surface area contributed by atoms with E-state index in [2.05, 4.69) is 27.6 Å². The predicted molar refractivity (Wildman–Crippen MR) is 75.9 cm³/mol. The molecule has 1 heterocycles. The highest BCUT2D eigenvalue weighted by atomic mass is 79.9. The zero-order chi connectivity index (χ0) is 12.9. The molecule has 1 atom stereocenters. The fourth-order valence-electron chi connectivity index (χ4n) is 1.55. The zero-order valence-corrected chi connectivity index (χ0v) is 13.3. The average molecular weight is 340 g/mol. The van der Waals surface area contributed by atoms with E-state index in [-0.39, 0.29) is 6.04 Å². The van der Waals surface area contributed by atoms with Crippen molar-refractivity contribution in [3.8, 4) is 0 Å². The van der Waals surface area contributed by atoms with Crippen LogP contribution in [-0.2, 0) is 10.0 Å². The van der Waals surface area contributed by atoms with Gasteiger partial charge in [0.05, 0.1) is 0 Å². The van der Waals surface area contributed by atoms with Gasteiger partial charge in [-0.25, -0.2) is 13.1 Å². The lowest BCUT2D eigenvalue weighted by atomic mass is 10.1. The fourth-order valence-corrected chi connectivity index (χ4v) is 5.18. The van der Waals surface area contributed by atoms with Gasteiger partial charge >= 0.3 is 0 Å². The molecule has 1 rings (SSSR count). The Morgan fingerprint density at radius 3 is 2.71 bits per heavy atom. The van der Waals surface area contributed by atoms with E-state index in [0.717, 1.165) is 25.7 Å². The lowest BCUT2D eigenvalue weighted by molar-refractivity contribution is 0.528. The molecule has 0 aliphatic rings. The maximum absolute atomic E-state index is 12.0. The van der Waals surface area contributed by atoms with E-state index >= 15 is 0 Å². The number of nitrogens with one attached hydrogen (secondary N) is 1. The number of halogens is 1. The van der Waals surface area contributed by atoms with Crippen LogP contribution >= 0.6 is 27.3 Å². The molecular weight excluding hydrogens is 322 g/mol. The molecule has 0 saturated carbocycles. The van der Waals surface area contributed by atoms with Crippen molar-refractivity contribution in [3.05, 3.63) is 15.9 Å². The standard InChI is InChI=1S/C11H18BrNO2S2/c1-3-4-5-6-9(2)13-17(14,15)11-10(12)7-8-16-11/h7-9,13H,3-6H2,1-2H3. The van der Waals surface area contributed by atoms with Crippen molar-refractivity contribution in [1.82, 2.24) is 4.72 Å². The van der Waals surface area contributed by atoms with Crippen molar-refractivity contribution in [3.63, 3.8) is 0 Å². The Morgan fingerprint density at radius 1 is 1.47 bits per heavy atom. The number of hydrogen-bond donors (Lipinski definition) is 1. The normalized spacial score (nSPS) is 13.8. The highest BCUT2D eigenvalue weighted by Crippen LogP contribution is 2.27. The largest absolute Gasteiger partial charge is 0.251 e. The van der Waals surface area contributed by atoms with Crippen molar-refractivity contribution >= 4 is 37.3 Å². The number of sulfonamides is 1. The molecule has 17 heavy (non-hydrogen) atoms. The molecule has 1 unspecified atom stereocenters. The van der Waals surface area contributed by atoms with Crippen molar-refractivity contribution in [2.24, 2.45) is 0 Å². The second-order valence-electron chi connectivity index (χ2n) is 4.07. The van der Waals surface area contributed by atoms with Gasteiger partial charge in [-0.3, -0.25) is 0 Å². The molecule has 0 aromatic carbocycles. The van der Waals surface area contributed by atoms with Crippen LogP contribution in [0, 0.1) is 0 Å². The van der Waals surface area contributed by atoms with Gasteiger partial charge in [0.15, 0.2) is 0 Å². The Hall–Kier alpha value is 0.0900. The minimum Gasteiger partial charge on any atom is -0.208 e. The third-order valence-electron chi connectivity index (χ3n) is 2.43. The molecule has 6 heteroatoms. The van der Waals surface area contributed by atoms with E-state index in [4.69, 9.17) is 0 Å². The quantitative estimate of drug-likeness (QED) is 0.768. The van der Waals surface area contributed by atoms with Crippen LogP contribution in [0.25, 0.3) is 0 Å². The van der Waals surface area contributed by atoms with Gasteiger partial charge in [0, 0.05) is 10.5 Å². The molecule has 1 aromatic rings. The van der Waals surface area contributed by atoms with E-state index in [0.29, 0.717) is 8.68 Å². The van der Waals surface area contributed by atoms with Gasteiger partial charge in [-0.15, -0.1) is 11.3 Å². The minimum absolute atomic E-state index is 0.0134. The van der Waals surface area contributed by atoms with Gasteiger partial charge in [0.25, 0.3) is 10.0 Å². The maximum atomic E-state index is 12.0. The monoisotopic (exact) mass is 339 g/mol.